The topological polar surface area (TPSA) is 0 Å². The smallest absolute Gasteiger partial charge is 0.145 e. The van der Waals surface area contributed by atoms with Crippen molar-refractivity contribution < 1.29 is 16.5 Å². The summed E-state index contributed by atoms with van der Waals surface area (Å²) >= 11 is 32.1. The van der Waals surface area contributed by atoms with Crippen molar-refractivity contribution in [2.45, 2.75) is 95.9 Å². The second kappa shape index (κ2) is 36.6. The third-order valence-corrected chi connectivity index (χ3v) is 9.96. The zero-order valence-electron chi connectivity index (χ0n) is 20.0. The Hall–Kier alpha value is 2.43. The SMILES string of the molecule is S=c1sc(S)c(S)s1.S=c1sc(S)c(S)s1.[CH2-]CCC.[CH2-]CCC.[CH2-]CCC.[CH2-]CCC.[Ni]. The van der Waals surface area contributed by atoms with Crippen LogP contribution in [0.1, 0.15) is 79.1 Å². The Morgan fingerprint density at radius 1 is 0.515 bits per heavy atom. The van der Waals surface area contributed by atoms with E-state index in [2.05, 4.69) is 106 Å². The summed E-state index contributed by atoms with van der Waals surface area (Å²) in [5, 5.41) is 0. The molecule has 0 aliphatic rings. The van der Waals surface area contributed by atoms with E-state index in [0.717, 1.165) is 48.8 Å². The molecule has 0 atom stereocenters. The summed E-state index contributed by atoms with van der Waals surface area (Å²) in [5.74, 6) is 0. The molecule has 0 bridgehead atoms. The van der Waals surface area contributed by atoms with Gasteiger partial charge in [0.05, 0.1) is 16.8 Å². The zero-order valence-corrected chi connectivity index (χ0v) is 29.5. The van der Waals surface area contributed by atoms with Crippen molar-refractivity contribution in [3.63, 3.8) is 0 Å². The molecule has 0 aliphatic carbocycles. The molecule has 0 N–H and O–H groups in total. The minimum atomic E-state index is 0. The first-order chi connectivity index (χ1) is 15.1. The van der Waals surface area contributed by atoms with Gasteiger partial charge in [-0.05, 0) is 0 Å². The molecule has 2 heterocycles. The zero-order chi connectivity index (χ0) is 25.9. The largest absolute Gasteiger partial charge is 0.343 e. The maximum atomic E-state index is 4.86. The summed E-state index contributed by atoms with van der Waals surface area (Å²) in [6.45, 7) is 22.9. The third-order valence-electron chi connectivity index (χ3n) is 2.50. The monoisotopic (exact) mass is 682 g/mol. The molecule has 2 rings (SSSR count). The van der Waals surface area contributed by atoms with E-state index in [4.69, 9.17) is 24.4 Å². The first-order valence-corrected chi connectivity index (χ1v) is 16.1. The van der Waals surface area contributed by atoms with E-state index in [1.54, 1.807) is 0 Å². The Kier molecular flexibility index (Phi) is 50.3. The minimum Gasteiger partial charge on any atom is -0.343 e. The molecule has 0 fully saturated rings. The van der Waals surface area contributed by atoms with E-state index in [1.807, 2.05) is 0 Å². The minimum absolute atomic E-state index is 0. The molecule has 2 aromatic heterocycles. The molecular weight excluding hydrogens is 644 g/mol. The molecule has 33 heavy (non-hydrogen) atoms. The number of hydrogen-bond acceptors (Lipinski definition) is 10. The van der Waals surface area contributed by atoms with Gasteiger partial charge in [-0.25, -0.2) is 0 Å². The number of unbranched alkanes of at least 4 members (excludes halogenated alkanes) is 4. The van der Waals surface area contributed by atoms with Gasteiger partial charge in [0.1, 0.15) is 6.28 Å². The van der Waals surface area contributed by atoms with E-state index in [0.29, 0.717) is 0 Å². The molecule has 0 nitrogen and oxygen atoms in total. The summed E-state index contributed by atoms with van der Waals surface area (Å²) in [6, 6.07) is 0. The van der Waals surface area contributed by atoms with E-state index < -0.39 is 0 Å². The van der Waals surface area contributed by atoms with Gasteiger partial charge in [-0.3, -0.25) is 0 Å². The van der Waals surface area contributed by atoms with E-state index in [1.165, 1.54) is 71.0 Å². The van der Waals surface area contributed by atoms with Crippen molar-refractivity contribution in [3.05, 3.63) is 34.0 Å². The van der Waals surface area contributed by atoms with Gasteiger partial charge < -0.3 is 27.7 Å². The van der Waals surface area contributed by atoms with E-state index in [9.17, 15) is 0 Å². The Bertz CT molecular complexity index is 579. The van der Waals surface area contributed by atoms with Crippen LogP contribution >= 0.6 is 120 Å². The normalized spacial score (nSPS) is 8.36. The van der Waals surface area contributed by atoms with Crippen LogP contribution in [0, 0.1) is 34.0 Å². The van der Waals surface area contributed by atoms with Crippen LogP contribution < -0.4 is 0 Å². The van der Waals surface area contributed by atoms with Crippen LogP contribution in [0.25, 0.3) is 0 Å². The Morgan fingerprint density at radius 2 is 0.636 bits per heavy atom. The maximum Gasteiger partial charge on any atom is 0.145 e. The second-order valence-corrected chi connectivity index (χ2v) is 15.0. The summed E-state index contributed by atoms with van der Waals surface area (Å²) in [6.07, 6.45) is 9.11. The van der Waals surface area contributed by atoms with Gasteiger partial charge in [0, 0.05) is 16.5 Å². The molecule has 0 aromatic carbocycles. The van der Waals surface area contributed by atoms with Gasteiger partial charge in [-0.15, -0.1) is 95.9 Å². The maximum absolute atomic E-state index is 4.86. The van der Waals surface area contributed by atoms with Crippen LogP contribution in [0.3, 0.4) is 0 Å². The molecule has 0 saturated heterocycles. The van der Waals surface area contributed by atoms with Gasteiger partial charge in [-0.2, -0.15) is 25.7 Å². The fourth-order valence-electron chi connectivity index (χ4n) is 0.532. The van der Waals surface area contributed by atoms with Crippen molar-refractivity contribution in [3.8, 4) is 0 Å². The summed E-state index contributed by atoms with van der Waals surface area (Å²) in [4.78, 5) is 0. The summed E-state index contributed by atoms with van der Waals surface area (Å²) in [5.41, 5.74) is 0. The fraction of sp³-hybridized carbons (Fsp3) is 0.545. The molecule has 0 unspecified atom stereocenters. The molecule has 0 amide bonds. The van der Waals surface area contributed by atoms with E-state index >= 15 is 0 Å². The Labute approximate surface area is 263 Å². The summed E-state index contributed by atoms with van der Waals surface area (Å²) in [7, 11) is 0. The number of rotatable bonds is 4. The third kappa shape index (κ3) is 39.1. The van der Waals surface area contributed by atoms with Gasteiger partial charge in [-0.1, -0.05) is 77.8 Å². The quantitative estimate of drug-likeness (QED) is 0.110. The van der Waals surface area contributed by atoms with Crippen LogP contribution in [-0.2, 0) is 16.5 Å². The van der Waals surface area contributed by atoms with Crippen LogP contribution in [0.5, 0.6) is 0 Å². The molecule has 0 saturated carbocycles. The van der Waals surface area contributed by atoms with Crippen molar-refractivity contribution in [1.29, 1.82) is 0 Å². The van der Waals surface area contributed by atoms with Crippen LogP contribution in [0.4, 0.5) is 0 Å². The predicted octanol–water partition coefficient (Wildman–Crippen LogP) is 12.7. The second-order valence-electron chi connectivity index (χ2n) is 5.54. The van der Waals surface area contributed by atoms with Gasteiger partial charge >= 0.3 is 0 Å². The number of hydrogen-bond donors (Lipinski definition) is 4. The average molecular weight is 684 g/mol. The van der Waals surface area contributed by atoms with Gasteiger partial charge in [0.2, 0.25) is 0 Å². The van der Waals surface area contributed by atoms with Crippen LogP contribution in [-0.4, -0.2) is 0 Å². The molecule has 0 spiro atoms. The predicted molar refractivity (Wildman–Crippen MR) is 176 cm³/mol. The van der Waals surface area contributed by atoms with Crippen molar-refractivity contribution in [1.82, 2.24) is 0 Å². The molecule has 0 aliphatic heterocycles. The number of thiol groups is 4. The van der Waals surface area contributed by atoms with E-state index in [-0.39, 0.29) is 16.5 Å². The van der Waals surface area contributed by atoms with Gasteiger partial charge in [0.15, 0.2) is 0 Å². The Balaban J connectivity index is -0.0000000984. The van der Waals surface area contributed by atoms with Crippen LogP contribution in [0.15, 0.2) is 16.8 Å². The fourth-order valence-corrected chi connectivity index (χ4v) is 7.47. The summed E-state index contributed by atoms with van der Waals surface area (Å²) < 4.78 is 5.46. The van der Waals surface area contributed by atoms with Crippen LogP contribution in [0.2, 0.25) is 0 Å². The standard InChI is InChI=1S/4C4H9.2C3H2S5.Ni/c4*1-3-4-2;2*4-1-2(5)8-3(6)7-1;/h4*1,3-4H2,2H3;2*4-5H;/q4*-1;;;. The molecular formula is C22H40NiS10-4. The van der Waals surface area contributed by atoms with Crippen molar-refractivity contribution in [2.75, 3.05) is 0 Å². The first-order valence-electron chi connectivity index (χ1n) is 10.3. The van der Waals surface area contributed by atoms with Crippen molar-refractivity contribution >= 4 is 120 Å². The molecule has 202 valence electrons. The first kappa shape index (κ1) is 45.4. The van der Waals surface area contributed by atoms with Crippen molar-refractivity contribution in [2.24, 2.45) is 0 Å². The average Bonchev–Trinajstić information content (AvgIpc) is 3.25. The molecule has 0 radical (unpaired) electrons. The molecule has 2 aromatic rings. The van der Waals surface area contributed by atoms with Gasteiger partial charge in [0.25, 0.3) is 0 Å². The Morgan fingerprint density at radius 3 is 0.667 bits per heavy atom. The molecule has 11 heteroatoms.